The number of aryl methyl sites for hydroxylation is 1. The number of carbonyl (C=O) groups excluding carboxylic acids is 1. The van der Waals surface area contributed by atoms with Crippen molar-refractivity contribution in [3.05, 3.63) is 35.4 Å². The Hall–Kier alpha value is -1.35. The van der Waals surface area contributed by atoms with Gasteiger partial charge in [0.25, 0.3) is 5.91 Å². The van der Waals surface area contributed by atoms with Gasteiger partial charge in [-0.3, -0.25) is 4.79 Å². The third-order valence-corrected chi connectivity index (χ3v) is 3.49. The van der Waals surface area contributed by atoms with Gasteiger partial charge in [0.05, 0.1) is 5.60 Å². The van der Waals surface area contributed by atoms with Gasteiger partial charge in [0.2, 0.25) is 0 Å². The van der Waals surface area contributed by atoms with Crippen molar-refractivity contribution in [1.82, 2.24) is 5.32 Å². The van der Waals surface area contributed by atoms with Crippen LogP contribution in [-0.2, 0) is 6.42 Å². The van der Waals surface area contributed by atoms with E-state index in [1.807, 2.05) is 24.3 Å². The Kier molecular flexibility index (Phi) is 3.48. The number of hydrogen-bond acceptors (Lipinski definition) is 2. The molecule has 3 nitrogen and oxygen atoms in total. The van der Waals surface area contributed by atoms with E-state index in [1.165, 1.54) is 5.56 Å². The number of amides is 1. The van der Waals surface area contributed by atoms with Gasteiger partial charge < -0.3 is 10.4 Å². The Morgan fingerprint density at radius 1 is 1.35 bits per heavy atom. The summed E-state index contributed by atoms with van der Waals surface area (Å²) in [6.45, 7) is 2.45. The first-order valence-corrected chi connectivity index (χ1v) is 6.22. The molecule has 0 saturated heterocycles. The SMILES string of the molecule is CCc1ccc(C(=O)NCC2(O)CCC2)cc1. The largest absolute Gasteiger partial charge is 0.388 e. The van der Waals surface area contributed by atoms with E-state index in [4.69, 9.17) is 0 Å². The average Bonchev–Trinajstić information content (AvgIpc) is 2.33. The maximum atomic E-state index is 11.8. The molecule has 1 saturated carbocycles. The monoisotopic (exact) mass is 233 g/mol. The van der Waals surface area contributed by atoms with Gasteiger partial charge in [-0.1, -0.05) is 19.1 Å². The number of aliphatic hydroxyl groups is 1. The van der Waals surface area contributed by atoms with Gasteiger partial charge in [0, 0.05) is 12.1 Å². The maximum absolute atomic E-state index is 11.8. The van der Waals surface area contributed by atoms with Crippen molar-refractivity contribution in [3.8, 4) is 0 Å². The van der Waals surface area contributed by atoms with Crippen LogP contribution in [0, 0.1) is 0 Å². The van der Waals surface area contributed by atoms with Crippen LogP contribution in [0.25, 0.3) is 0 Å². The Balaban J connectivity index is 1.90. The molecule has 1 amide bonds. The van der Waals surface area contributed by atoms with E-state index >= 15 is 0 Å². The third kappa shape index (κ3) is 2.86. The lowest BCUT2D eigenvalue weighted by Crippen LogP contribution is -2.47. The molecule has 0 unspecified atom stereocenters. The molecule has 0 spiro atoms. The minimum atomic E-state index is -0.654. The lowest BCUT2D eigenvalue weighted by molar-refractivity contribution is -0.0300. The van der Waals surface area contributed by atoms with Gasteiger partial charge >= 0.3 is 0 Å². The molecule has 1 aromatic rings. The van der Waals surface area contributed by atoms with Gasteiger partial charge in [0.15, 0.2) is 0 Å². The first-order valence-electron chi connectivity index (χ1n) is 6.22. The zero-order valence-corrected chi connectivity index (χ0v) is 10.2. The first kappa shape index (κ1) is 12.1. The normalized spacial score (nSPS) is 17.3. The van der Waals surface area contributed by atoms with Crippen molar-refractivity contribution in [2.45, 2.75) is 38.2 Å². The minimum Gasteiger partial charge on any atom is -0.388 e. The molecule has 92 valence electrons. The van der Waals surface area contributed by atoms with E-state index < -0.39 is 5.60 Å². The Labute approximate surface area is 102 Å². The number of carbonyl (C=O) groups is 1. The molecule has 0 aromatic heterocycles. The molecule has 0 radical (unpaired) electrons. The van der Waals surface area contributed by atoms with Gasteiger partial charge in [0.1, 0.15) is 0 Å². The fourth-order valence-corrected chi connectivity index (χ4v) is 2.00. The van der Waals surface area contributed by atoms with E-state index in [9.17, 15) is 9.90 Å². The molecule has 0 bridgehead atoms. The first-order chi connectivity index (χ1) is 8.13. The summed E-state index contributed by atoms with van der Waals surface area (Å²) in [6, 6.07) is 7.60. The molecule has 17 heavy (non-hydrogen) atoms. The van der Waals surface area contributed by atoms with Gasteiger partial charge in [-0.05, 0) is 43.4 Å². The highest BCUT2D eigenvalue weighted by Crippen LogP contribution is 2.30. The van der Waals surface area contributed by atoms with Gasteiger partial charge in [-0.2, -0.15) is 0 Å². The predicted molar refractivity (Wildman–Crippen MR) is 67.0 cm³/mol. The second-order valence-corrected chi connectivity index (χ2v) is 4.81. The summed E-state index contributed by atoms with van der Waals surface area (Å²) in [4.78, 5) is 11.8. The van der Waals surface area contributed by atoms with Crippen molar-refractivity contribution in [1.29, 1.82) is 0 Å². The van der Waals surface area contributed by atoms with Crippen LogP contribution in [0.5, 0.6) is 0 Å². The van der Waals surface area contributed by atoms with Crippen LogP contribution in [0.15, 0.2) is 24.3 Å². The highest BCUT2D eigenvalue weighted by Gasteiger charge is 2.34. The standard InChI is InChI=1S/C14H19NO2/c1-2-11-4-6-12(7-5-11)13(16)15-10-14(17)8-3-9-14/h4-7,17H,2-3,8-10H2,1H3,(H,15,16). The lowest BCUT2D eigenvalue weighted by atomic mass is 9.80. The van der Waals surface area contributed by atoms with E-state index in [0.717, 1.165) is 25.7 Å². The molecule has 1 fully saturated rings. The molecule has 2 N–H and O–H groups in total. The van der Waals surface area contributed by atoms with Crippen molar-refractivity contribution in [2.75, 3.05) is 6.54 Å². The summed E-state index contributed by atoms with van der Waals surface area (Å²) in [5.74, 6) is -0.104. The average molecular weight is 233 g/mol. The van der Waals surface area contributed by atoms with E-state index in [1.54, 1.807) is 0 Å². The molecule has 0 heterocycles. The fraction of sp³-hybridized carbons (Fsp3) is 0.500. The van der Waals surface area contributed by atoms with Crippen LogP contribution < -0.4 is 5.32 Å². The van der Waals surface area contributed by atoms with Crippen LogP contribution in [-0.4, -0.2) is 23.2 Å². The lowest BCUT2D eigenvalue weighted by Gasteiger charge is -2.36. The fourth-order valence-electron chi connectivity index (χ4n) is 2.00. The quantitative estimate of drug-likeness (QED) is 0.834. The number of rotatable bonds is 4. The molecule has 0 aliphatic heterocycles. The van der Waals surface area contributed by atoms with Crippen LogP contribution >= 0.6 is 0 Å². The molecule has 0 atom stereocenters. The highest BCUT2D eigenvalue weighted by atomic mass is 16.3. The smallest absolute Gasteiger partial charge is 0.251 e. The summed E-state index contributed by atoms with van der Waals surface area (Å²) in [6.07, 6.45) is 3.61. The molecule has 1 aromatic carbocycles. The summed E-state index contributed by atoms with van der Waals surface area (Å²) in [5, 5.41) is 12.7. The third-order valence-electron chi connectivity index (χ3n) is 3.49. The molecular formula is C14H19NO2. The van der Waals surface area contributed by atoms with Gasteiger partial charge in [-0.25, -0.2) is 0 Å². The van der Waals surface area contributed by atoms with Crippen LogP contribution in [0.3, 0.4) is 0 Å². The summed E-state index contributed by atoms with van der Waals surface area (Å²) in [5.41, 5.74) is 1.23. The second kappa shape index (κ2) is 4.88. The second-order valence-electron chi connectivity index (χ2n) is 4.81. The van der Waals surface area contributed by atoms with Crippen LogP contribution in [0.2, 0.25) is 0 Å². The molecule has 2 rings (SSSR count). The summed E-state index contributed by atoms with van der Waals surface area (Å²) >= 11 is 0. The Morgan fingerprint density at radius 2 is 2.00 bits per heavy atom. The predicted octanol–water partition coefficient (Wildman–Crippen LogP) is 1.89. The Morgan fingerprint density at radius 3 is 2.47 bits per heavy atom. The highest BCUT2D eigenvalue weighted by molar-refractivity contribution is 5.94. The van der Waals surface area contributed by atoms with Crippen molar-refractivity contribution >= 4 is 5.91 Å². The topological polar surface area (TPSA) is 49.3 Å². The zero-order valence-electron chi connectivity index (χ0n) is 10.2. The van der Waals surface area contributed by atoms with Crippen molar-refractivity contribution in [2.24, 2.45) is 0 Å². The van der Waals surface area contributed by atoms with E-state index in [-0.39, 0.29) is 5.91 Å². The van der Waals surface area contributed by atoms with Crippen LogP contribution in [0.1, 0.15) is 42.1 Å². The zero-order chi connectivity index (χ0) is 12.3. The molecule has 3 heteroatoms. The Bertz CT molecular complexity index is 393. The van der Waals surface area contributed by atoms with E-state index in [2.05, 4.69) is 12.2 Å². The number of hydrogen-bond donors (Lipinski definition) is 2. The van der Waals surface area contributed by atoms with E-state index in [0.29, 0.717) is 12.1 Å². The molecule has 1 aliphatic carbocycles. The van der Waals surface area contributed by atoms with Crippen molar-refractivity contribution < 1.29 is 9.90 Å². The molecular weight excluding hydrogens is 214 g/mol. The number of benzene rings is 1. The maximum Gasteiger partial charge on any atom is 0.251 e. The summed E-state index contributed by atoms with van der Waals surface area (Å²) < 4.78 is 0. The van der Waals surface area contributed by atoms with Gasteiger partial charge in [-0.15, -0.1) is 0 Å². The summed E-state index contributed by atoms with van der Waals surface area (Å²) in [7, 11) is 0. The minimum absolute atomic E-state index is 0.104. The van der Waals surface area contributed by atoms with Crippen molar-refractivity contribution in [3.63, 3.8) is 0 Å². The number of nitrogens with one attached hydrogen (secondary N) is 1. The van der Waals surface area contributed by atoms with Crippen LogP contribution in [0.4, 0.5) is 0 Å². The molecule has 1 aliphatic rings.